The standard InChI is InChI=1S/C21H28N4O2S/c1-24(13-8-9-13)20-19-15-6-2-3-7-16(15)28-21(19)23-17(22-20)11-18(27)25-10-4-5-14(25)12-26/h13-14,26H,2-12H2,1H3. The van der Waals surface area contributed by atoms with Crippen molar-refractivity contribution in [3.63, 3.8) is 0 Å². The number of aromatic nitrogens is 2. The van der Waals surface area contributed by atoms with Crippen LogP contribution in [0.25, 0.3) is 10.2 Å². The lowest BCUT2D eigenvalue weighted by molar-refractivity contribution is -0.132. The number of fused-ring (bicyclic) bond motifs is 3. The average molecular weight is 401 g/mol. The zero-order valence-corrected chi connectivity index (χ0v) is 17.3. The van der Waals surface area contributed by atoms with E-state index in [9.17, 15) is 9.90 Å². The number of aliphatic hydroxyl groups excluding tert-OH is 1. The topological polar surface area (TPSA) is 69.6 Å². The first-order valence-corrected chi connectivity index (χ1v) is 11.4. The molecule has 2 aromatic heterocycles. The number of rotatable bonds is 5. The number of hydrogen-bond donors (Lipinski definition) is 1. The van der Waals surface area contributed by atoms with Gasteiger partial charge in [0.05, 0.1) is 24.5 Å². The molecule has 2 aromatic rings. The lowest BCUT2D eigenvalue weighted by Gasteiger charge is -2.23. The molecular formula is C21H28N4O2S. The minimum Gasteiger partial charge on any atom is -0.394 e. The first-order valence-electron chi connectivity index (χ1n) is 10.6. The SMILES string of the molecule is CN(c1nc(CC(=O)N2CCCC2CO)nc2sc3c(c12)CCCC3)C1CC1. The van der Waals surface area contributed by atoms with Crippen molar-refractivity contribution in [2.75, 3.05) is 25.1 Å². The molecule has 0 spiro atoms. The number of carbonyl (C=O) groups excluding carboxylic acids is 1. The van der Waals surface area contributed by atoms with Crippen LogP contribution in [0.3, 0.4) is 0 Å². The van der Waals surface area contributed by atoms with Gasteiger partial charge in [-0.3, -0.25) is 4.79 Å². The number of hydrogen-bond acceptors (Lipinski definition) is 6. The Morgan fingerprint density at radius 1 is 1.21 bits per heavy atom. The Bertz CT molecular complexity index is 907. The Morgan fingerprint density at radius 2 is 2.04 bits per heavy atom. The minimum absolute atomic E-state index is 0.0391. The van der Waals surface area contributed by atoms with Crippen LogP contribution >= 0.6 is 11.3 Å². The predicted octanol–water partition coefficient (Wildman–Crippen LogP) is 2.69. The van der Waals surface area contributed by atoms with Gasteiger partial charge in [-0.05, 0) is 56.9 Å². The van der Waals surface area contributed by atoms with E-state index in [1.807, 2.05) is 4.90 Å². The lowest BCUT2D eigenvalue weighted by atomic mass is 9.97. The summed E-state index contributed by atoms with van der Waals surface area (Å²) in [6.07, 6.45) is 9.26. The van der Waals surface area contributed by atoms with Gasteiger partial charge >= 0.3 is 0 Å². The van der Waals surface area contributed by atoms with Crippen LogP contribution in [-0.4, -0.2) is 58.2 Å². The van der Waals surface area contributed by atoms with Crippen molar-refractivity contribution in [3.05, 3.63) is 16.3 Å². The third kappa shape index (κ3) is 3.18. The Balaban J connectivity index is 1.52. The first kappa shape index (κ1) is 18.3. The number of nitrogens with zero attached hydrogens (tertiary/aromatic N) is 4. The van der Waals surface area contributed by atoms with Gasteiger partial charge < -0.3 is 14.9 Å². The first-order chi connectivity index (χ1) is 13.7. The molecule has 2 aliphatic carbocycles. The Kier molecular flexibility index (Phi) is 4.75. The highest BCUT2D eigenvalue weighted by Crippen LogP contribution is 2.41. The van der Waals surface area contributed by atoms with Gasteiger partial charge in [0.25, 0.3) is 0 Å². The fourth-order valence-electron chi connectivity index (χ4n) is 4.74. The van der Waals surface area contributed by atoms with Crippen molar-refractivity contribution < 1.29 is 9.90 Å². The minimum atomic E-state index is -0.0427. The molecule has 1 N–H and O–H groups in total. The van der Waals surface area contributed by atoms with Crippen molar-refractivity contribution in [1.82, 2.24) is 14.9 Å². The van der Waals surface area contributed by atoms with Crippen molar-refractivity contribution in [2.45, 2.75) is 69.9 Å². The number of carbonyl (C=O) groups is 1. The summed E-state index contributed by atoms with van der Waals surface area (Å²) in [5.41, 5.74) is 1.45. The zero-order valence-electron chi connectivity index (χ0n) is 16.5. The van der Waals surface area contributed by atoms with E-state index in [-0.39, 0.29) is 25.0 Å². The number of aryl methyl sites for hydroxylation is 2. The summed E-state index contributed by atoms with van der Waals surface area (Å²) in [6.45, 7) is 0.771. The summed E-state index contributed by atoms with van der Waals surface area (Å²) in [7, 11) is 2.14. The number of anilines is 1. The zero-order chi connectivity index (χ0) is 19.3. The Hall–Kier alpha value is -1.73. The van der Waals surface area contributed by atoms with Crippen LogP contribution in [0.15, 0.2) is 0 Å². The molecule has 1 atom stereocenters. The maximum atomic E-state index is 12.9. The van der Waals surface area contributed by atoms with E-state index in [1.165, 1.54) is 41.5 Å². The van der Waals surface area contributed by atoms with Gasteiger partial charge in [0.15, 0.2) is 0 Å². The van der Waals surface area contributed by atoms with Gasteiger partial charge in [0.2, 0.25) is 5.91 Å². The van der Waals surface area contributed by atoms with Gasteiger partial charge in [-0.1, -0.05) is 0 Å². The smallest absolute Gasteiger partial charge is 0.230 e. The lowest BCUT2D eigenvalue weighted by Crippen LogP contribution is -2.38. The molecule has 1 saturated carbocycles. The van der Waals surface area contributed by atoms with E-state index in [1.54, 1.807) is 11.3 Å². The maximum Gasteiger partial charge on any atom is 0.230 e. The van der Waals surface area contributed by atoms with Crippen LogP contribution in [0.5, 0.6) is 0 Å². The summed E-state index contributed by atoms with van der Waals surface area (Å²) < 4.78 is 0. The molecule has 28 heavy (non-hydrogen) atoms. The van der Waals surface area contributed by atoms with E-state index in [0.717, 1.165) is 42.9 Å². The molecule has 3 heterocycles. The fourth-order valence-corrected chi connectivity index (χ4v) is 6.02. The Labute approximate surface area is 169 Å². The van der Waals surface area contributed by atoms with Crippen LogP contribution in [0.2, 0.25) is 0 Å². The second-order valence-electron chi connectivity index (χ2n) is 8.44. The second-order valence-corrected chi connectivity index (χ2v) is 9.52. The van der Waals surface area contributed by atoms with E-state index in [0.29, 0.717) is 11.9 Å². The molecule has 150 valence electrons. The Morgan fingerprint density at radius 3 is 2.82 bits per heavy atom. The molecule has 0 aromatic carbocycles. The summed E-state index contributed by atoms with van der Waals surface area (Å²) >= 11 is 1.80. The molecule has 5 rings (SSSR count). The van der Waals surface area contributed by atoms with Gasteiger partial charge in [0, 0.05) is 24.5 Å². The summed E-state index contributed by atoms with van der Waals surface area (Å²) in [4.78, 5) is 29.3. The van der Waals surface area contributed by atoms with Crippen LogP contribution in [0, 0.1) is 0 Å². The quantitative estimate of drug-likeness (QED) is 0.836. The highest BCUT2D eigenvalue weighted by Gasteiger charge is 2.32. The van der Waals surface area contributed by atoms with E-state index in [4.69, 9.17) is 9.97 Å². The molecule has 2 fully saturated rings. The van der Waals surface area contributed by atoms with Crippen molar-refractivity contribution in [1.29, 1.82) is 0 Å². The highest BCUT2D eigenvalue weighted by atomic mass is 32.1. The van der Waals surface area contributed by atoms with Crippen LogP contribution in [-0.2, 0) is 24.1 Å². The molecule has 1 amide bonds. The van der Waals surface area contributed by atoms with Crippen LogP contribution in [0.4, 0.5) is 5.82 Å². The van der Waals surface area contributed by atoms with E-state index < -0.39 is 0 Å². The molecule has 0 radical (unpaired) electrons. The predicted molar refractivity (Wildman–Crippen MR) is 111 cm³/mol. The number of thiophene rings is 1. The molecule has 6 nitrogen and oxygen atoms in total. The maximum absolute atomic E-state index is 12.9. The highest BCUT2D eigenvalue weighted by molar-refractivity contribution is 7.19. The largest absolute Gasteiger partial charge is 0.394 e. The van der Waals surface area contributed by atoms with Gasteiger partial charge in [-0.2, -0.15) is 0 Å². The average Bonchev–Trinajstić information content (AvgIpc) is 3.32. The van der Waals surface area contributed by atoms with Gasteiger partial charge in [-0.25, -0.2) is 9.97 Å². The monoisotopic (exact) mass is 400 g/mol. The van der Waals surface area contributed by atoms with Crippen molar-refractivity contribution in [3.8, 4) is 0 Å². The summed E-state index contributed by atoms with van der Waals surface area (Å²) in [6, 6.07) is 0.525. The third-order valence-corrected chi connectivity index (χ3v) is 7.67. The number of aliphatic hydroxyl groups is 1. The van der Waals surface area contributed by atoms with Crippen LogP contribution in [0.1, 0.15) is 54.8 Å². The van der Waals surface area contributed by atoms with Gasteiger partial charge in [-0.15, -0.1) is 11.3 Å². The molecule has 1 aliphatic heterocycles. The number of likely N-dealkylation sites (tertiary alicyclic amines) is 1. The third-order valence-electron chi connectivity index (χ3n) is 6.49. The van der Waals surface area contributed by atoms with Crippen molar-refractivity contribution in [2.24, 2.45) is 0 Å². The molecular weight excluding hydrogens is 372 g/mol. The van der Waals surface area contributed by atoms with E-state index in [2.05, 4.69) is 11.9 Å². The molecule has 1 unspecified atom stereocenters. The normalized spacial score (nSPS) is 21.9. The molecule has 0 bridgehead atoms. The second kappa shape index (κ2) is 7.26. The summed E-state index contributed by atoms with van der Waals surface area (Å²) in [5, 5.41) is 10.8. The van der Waals surface area contributed by atoms with Gasteiger partial charge in [0.1, 0.15) is 16.5 Å². The van der Waals surface area contributed by atoms with Crippen LogP contribution < -0.4 is 4.90 Å². The molecule has 1 saturated heterocycles. The fraction of sp³-hybridized carbons (Fsp3) is 0.667. The molecule has 3 aliphatic rings. The van der Waals surface area contributed by atoms with E-state index >= 15 is 0 Å². The molecule has 7 heteroatoms. The van der Waals surface area contributed by atoms with Crippen molar-refractivity contribution >= 4 is 33.3 Å². The number of amides is 1. The summed E-state index contributed by atoms with van der Waals surface area (Å²) in [5.74, 6) is 1.69.